The molecule has 82 valence electrons. The maximum atomic E-state index is 12.9. The SMILES string of the molecule is Cc1ncc(C(=O)N[C@H]2CC[C@H](F)C2)s1. The van der Waals surface area contributed by atoms with Crippen molar-refractivity contribution in [3.8, 4) is 0 Å². The number of thiazole rings is 1. The number of halogens is 1. The molecule has 1 aliphatic rings. The van der Waals surface area contributed by atoms with Crippen LogP contribution < -0.4 is 5.32 Å². The molecule has 0 unspecified atom stereocenters. The normalized spacial score (nSPS) is 25.5. The van der Waals surface area contributed by atoms with Crippen LogP contribution in [0.1, 0.15) is 33.9 Å². The Kier molecular flexibility index (Phi) is 3.00. The van der Waals surface area contributed by atoms with Gasteiger partial charge in [0.1, 0.15) is 11.0 Å². The molecule has 5 heteroatoms. The van der Waals surface area contributed by atoms with E-state index < -0.39 is 6.17 Å². The molecular weight excluding hydrogens is 215 g/mol. The first-order chi connectivity index (χ1) is 7.15. The summed E-state index contributed by atoms with van der Waals surface area (Å²) in [4.78, 5) is 16.3. The lowest BCUT2D eigenvalue weighted by Gasteiger charge is -2.10. The molecule has 0 radical (unpaired) electrons. The molecule has 1 heterocycles. The molecular formula is C10H13FN2OS. The third-order valence-corrected chi connectivity index (χ3v) is 3.46. The molecule has 15 heavy (non-hydrogen) atoms. The first-order valence-corrected chi connectivity index (χ1v) is 5.84. The highest BCUT2D eigenvalue weighted by atomic mass is 32.1. The van der Waals surface area contributed by atoms with Gasteiger partial charge in [-0.25, -0.2) is 9.37 Å². The fourth-order valence-corrected chi connectivity index (χ4v) is 2.46. The van der Waals surface area contributed by atoms with Crippen LogP contribution in [0.15, 0.2) is 6.20 Å². The fraction of sp³-hybridized carbons (Fsp3) is 0.600. The van der Waals surface area contributed by atoms with Crippen molar-refractivity contribution >= 4 is 17.2 Å². The second-order valence-corrected chi connectivity index (χ2v) is 5.06. The van der Waals surface area contributed by atoms with Gasteiger partial charge in [0.2, 0.25) is 0 Å². The minimum atomic E-state index is -0.751. The van der Waals surface area contributed by atoms with Gasteiger partial charge in [-0.3, -0.25) is 4.79 Å². The zero-order valence-corrected chi connectivity index (χ0v) is 9.31. The number of nitrogens with zero attached hydrogens (tertiary/aromatic N) is 1. The number of carbonyl (C=O) groups excluding carboxylic acids is 1. The van der Waals surface area contributed by atoms with Gasteiger partial charge in [-0.15, -0.1) is 11.3 Å². The Balaban J connectivity index is 1.92. The Morgan fingerprint density at radius 1 is 1.67 bits per heavy atom. The van der Waals surface area contributed by atoms with Crippen molar-refractivity contribution in [3.05, 3.63) is 16.1 Å². The van der Waals surface area contributed by atoms with Crippen LogP contribution in [0.5, 0.6) is 0 Å². The van der Waals surface area contributed by atoms with Crippen molar-refractivity contribution < 1.29 is 9.18 Å². The molecule has 0 aliphatic heterocycles. The zero-order valence-electron chi connectivity index (χ0n) is 8.50. The van der Waals surface area contributed by atoms with Crippen LogP contribution in [-0.2, 0) is 0 Å². The van der Waals surface area contributed by atoms with Crippen LogP contribution in [0.25, 0.3) is 0 Å². The van der Waals surface area contributed by atoms with E-state index in [0.717, 1.165) is 11.4 Å². The van der Waals surface area contributed by atoms with Crippen LogP contribution in [0.3, 0.4) is 0 Å². The second kappa shape index (κ2) is 4.26. The van der Waals surface area contributed by atoms with Crippen molar-refractivity contribution in [2.24, 2.45) is 0 Å². The maximum absolute atomic E-state index is 12.9. The highest BCUT2D eigenvalue weighted by molar-refractivity contribution is 7.13. The summed E-state index contributed by atoms with van der Waals surface area (Å²) in [6.45, 7) is 1.86. The molecule has 1 saturated carbocycles. The van der Waals surface area contributed by atoms with Gasteiger partial charge >= 0.3 is 0 Å². The van der Waals surface area contributed by atoms with Crippen molar-refractivity contribution in [2.45, 2.75) is 38.4 Å². The van der Waals surface area contributed by atoms with Gasteiger partial charge in [0, 0.05) is 6.04 Å². The van der Waals surface area contributed by atoms with E-state index in [4.69, 9.17) is 0 Å². The van der Waals surface area contributed by atoms with Crippen LogP contribution in [0, 0.1) is 6.92 Å². The Morgan fingerprint density at radius 2 is 2.47 bits per heavy atom. The van der Waals surface area contributed by atoms with Gasteiger partial charge < -0.3 is 5.32 Å². The molecule has 3 nitrogen and oxygen atoms in total. The second-order valence-electron chi connectivity index (χ2n) is 3.82. The molecule has 0 bridgehead atoms. The average molecular weight is 228 g/mol. The number of amides is 1. The molecule has 1 N–H and O–H groups in total. The van der Waals surface area contributed by atoms with Crippen LogP contribution in [-0.4, -0.2) is 23.1 Å². The molecule has 1 aromatic heterocycles. The number of aryl methyl sites for hydroxylation is 1. The molecule has 0 aromatic carbocycles. The lowest BCUT2D eigenvalue weighted by atomic mass is 10.2. The lowest BCUT2D eigenvalue weighted by Crippen LogP contribution is -2.32. The van der Waals surface area contributed by atoms with E-state index in [-0.39, 0.29) is 11.9 Å². The summed E-state index contributed by atoms with van der Waals surface area (Å²) in [5.41, 5.74) is 0. The fourth-order valence-electron chi connectivity index (χ4n) is 1.78. The Bertz CT molecular complexity index is 366. The van der Waals surface area contributed by atoms with Crippen LogP contribution >= 0.6 is 11.3 Å². The zero-order chi connectivity index (χ0) is 10.8. The number of rotatable bonds is 2. The molecule has 0 saturated heterocycles. The van der Waals surface area contributed by atoms with E-state index in [1.807, 2.05) is 6.92 Å². The first-order valence-electron chi connectivity index (χ1n) is 5.02. The summed E-state index contributed by atoms with van der Waals surface area (Å²) in [7, 11) is 0. The summed E-state index contributed by atoms with van der Waals surface area (Å²) < 4.78 is 12.9. The first kappa shape index (κ1) is 10.5. The smallest absolute Gasteiger partial charge is 0.263 e. The molecule has 0 spiro atoms. The number of aromatic nitrogens is 1. The van der Waals surface area contributed by atoms with Gasteiger partial charge in [-0.2, -0.15) is 0 Å². The van der Waals surface area contributed by atoms with E-state index in [2.05, 4.69) is 10.3 Å². The standard InChI is InChI=1S/C10H13FN2OS/c1-6-12-5-9(15-6)10(14)13-8-3-2-7(11)4-8/h5,7-8H,2-4H2,1H3,(H,13,14)/t7-,8-/m0/s1. The molecule has 2 atom stereocenters. The topological polar surface area (TPSA) is 42.0 Å². The van der Waals surface area contributed by atoms with Crippen molar-refractivity contribution in [1.82, 2.24) is 10.3 Å². The summed E-state index contributed by atoms with van der Waals surface area (Å²) in [5.74, 6) is -0.125. The van der Waals surface area contributed by atoms with E-state index in [0.29, 0.717) is 17.7 Å². The Hall–Kier alpha value is -0.970. The summed E-state index contributed by atoms with van der Waals surface area (Å²) in [5, 5.41) is 3.70. The molecule has 1 aliphatic carbocycles. The van der Waals surface area contributed by atoms with E-state index in [9.17, 15) is 9.18 Å². The minimum absolute atomic E-state index is 0.00472. The molecule has 1 amide bonds. The van der Waals surface area contributed by atoms with E-state index >= 15 is 0 Å². The molecule has 1 aromatic rings. The number of carbonyl (C=O) groups is 1. The number of hydrogen-bond acceptors (Lipinski definition) is 3. The third-order valence-electron chi connectivity index (χ3n) is 2.55. The molecule has 1 fully saturated rings. The van der Waals surface area contributed by atoms with Crippen molar-refractivity contribution in [2.75, 3.05) is 0 Å². The number of alkyl halides is 1. The predicted octanol–water partition coefficient (Wildman–Crippen LogP) is 2.07. The quantitative estimate of drug-likeness (QED) is 0.842. The Morgan fingerprint density at radius 3 is 3.00 bits per heavy atom. The average Bonchev–Trinajstić information content (AvgIpc) is 2.75. The van der Waals surface area contributed by atoms with Crippen molar-refractivity contribution in [1.29, 1.82) is 0 Å². The van der Waals surface area contributed by atoms with Gasteiger partial charge in [-0.05, 0) is 26.2 Å². The van der Waals surface area contributed by atoms with Gasteiger partial charge in [0.25, 0.3) is 5.91 Å². The monoisotopic (exact) mass is 228 g/mol. The summed E-state index contributed by atoms with van der Waals surface area (Å²) >= 11 is 1.36. The van der Waals surface area contributed by atoms with E-state index in [1.165, 1.54) is 11.3 Å². The molecule has 2 rings (SSSR count). The maximum Gasteiger partial charge on any atom is 0.263 e. The van der Waals surface area contributed by atoms with Gasteiger partial charge in [0.15, 0.2) is 0 Å². The van der Waals surface area contributed by atoms with Gasteiger partial charge in [0.05, 0.1) is 11.2 Å². The van der Waals surface area contributed by atoms with E-state index in [1.54, 1.807) is 6.20 Å². The predicted molar refractivity (Wildman–Crippen MR) is 56.9 cm³/mol. The van der Waals surface area contributed by atoms with Crippen LogP contribution in [0.2, 0.25) is 0 Å². The van der Waals surface area contributed by atoms with Gasteiger partial charge in [-0.1, -0.05) is 0 Å². The number of nitrogens with one attached hydrogen (secondary N) is 1. The Labute approximate surface area is 91.7 Å². The summed E-state index contributed by atoms with van der Waals surface area (Å²) in [6, 6.07) is -0.00472. The highest BCUT2D eigenvalue weighted by Crippen LogP contribution is 2.22. The highest BCUT2D eigenvalue weighted by Gasteiger charge is 2.26. The third kappa shape index (κ3) is 2.53. The minimum Gasteiger partial charge on any atom is -0.348 e. The van der Waals surface area contributed by atoms with Crippen LogP contribution in [0.4, 0.5) is 4.39 Å². The summed E-state index contributed by atoms with van der Waals surface area (Å²) in [6.07, 6.45) is 2.57. The van der Waals surface area contributed by atoms with Crippen molar-refractivity contribution in [3.63, 3.8) is 0 Å². The number of hydrogen-bond donors (Lipinski definition) is 1. The lowest BCUT2D eigenvalue weighted by molar-refractivity contribution is 0.0940. The largest absolute Gasteiger partial charge is 0.348 e.